The van der Waals surface area contributed by atoms with Crippen LogP contribution in [-0.4, -0.2) is 28.7 Å². The van der Waals surface area contributed by atoms with Gasteiger partial charge in [-0.3, -0.25) is 0 Å². The van der Waals surface area contributed by atoms with E-state index in [1.165, 1.54) is 19.3 Å². The predicted molar refractivity (Wildman–Crippen MR) is 81.0 cm³/mol. The van der Waals surface area contributed by atoms with E-state index < -0.39 is 0 Å². The van der Waals surface area contributed by atoms with Gasteiger partial charge in [-0.2, -0.15) is 4.98 Å². The molecule has 3 N–H and O–H groups in total. The van der Waals surface area contributed by atoms with Crippen LogP contribution in [0.2, 0.25) is 0 Å². The van der Waals surface area contributed by atoms with Crippen molar-refractivity contribution in [3.63, 3.8) is 0 Å². The molecule has 2 unspecified atom stereocenters. The Kier molecular flexibility index (Phi) is 5.17. The lowest BCUT2D eigenvalue weighted by Crippen LogP contribution is -2.37. The Hall–Kier alpha value is -1.36. The van der Waals surface area contributed by atoms with E-state index in [0.29, 0.717) is 23.8 Å². The first-order valence-corrected chi connectivity index (χ1v) is 7.57. The van der Waals surface area contributed by atoms with Gasteiger partial charge in [-0.25, -0.2) is 4.98 Å². The van der Waals surface area contributed by atoms with Crippen molar-refractivity contribution in [1.29, 1.82) is 0 Å². The van der Waals surface area contributed by atoms with Gasteiger partial charge in [0.1, 0.15) is 0 Å². The van der Waals surface area contributed by atoms with Crippen LogP contribution in [-0.2, 0) is 0 Å². The van der Waals surface area contributed by atoms with E-state index in [9.17, 15) is 0 Å². The second kappa shape index (κ2) is 6.88. The fourth-order valence-electron chi connectivity index (χ4n) is 2.75. The maximum atomic E-state index is 5.87. The van der Waals surface area contributed by atoms with Crippen molar-refractivity contribution in [1.82, 2.24) is 9.97 Å². The molecule has 5 heteroatoms. The van der Waals surface area contributed by atoms with E-state index in [-0.39, 0.29) is 6.10 Å². The quantitative estimate of drug-likeness (QED) is 0.865. The fourth-order valence-corrected chi connectivity index (χ4v) is 2.75. The molecule has 1 aromatic heterocycles. The molecule has 1 aliphatic rings. The highest BCUT2D eigenvalue weighted by molar-refractivity contribution is 5.32. The van der Waals surface area contributed by atoms with Crippen molar-refractivity contribution in [3.8, 4) is 5.88 Å². The molecule has 1 aliphatic carbocycles. The Morgan fingerprint density at radius 3 is 2.80 bits per heavy atom. The molecule has 1 fully saturated rings. The largest absolute Gasteiger partial charge is 0.475 e. The average Bonchev–Trinajstić information content (AvgIpc) is 2.37. The van der Waals surface area contributed by atoms with Crippen LogP contribution in [0.15, 0.2) is 6.07 Å². The number of ether oxygens (including phenoxy) is 1. The van der Waals surface area contributed by atoms with Gasteiger partial charge >= 0.3 is 0 Å². The van der Waals surface area contributed by atoms with Crippen LogP contribution in [0.3, 0.4) is 0 Å². The van der Waals surface area contributed by atoms with Gasteiger partial charge in [0.2, 0.25) is 11.8 Å². The maximum Gasteiger partial charge on any atom is 0.226 e. The van der Waals surface area contributed by atoms with Crippen molar-refractivity contribution in [2.75, 3.05) is 11.9 Å². The molecule has 0 saturated heterocycles. The molecule has 0 spiro atoms. The third-order valence-electron chi connectivity index (χ3n) is 3.71. The molecule has 0 radical (unpaired) electrons. The molecule has 0 aliphatic heterocycles. The summed E-state index contributed by atoms with van der Waals surface area (Å²) < 4.78 is 5.66. The number of nitrogens with two attached hydrogens (primary N) is 1. The zero-order chi connectivity index (χ0) is 14.5. The molecular weight excluding hydrogens is 252 g/mol. The van der Waals surface area contributed by atoms with Crippen molar-refractivity contribution < 1.29 is 4.74 Å². The van der Waals surface area contributed by atoms with E-state index in [0.717, 1.165) is 18.7 Å². The Morgan fingerprint density at radius 2 is 2.10 bits per heavy atom. The third-order valence-corrected chi connectivity index (χ3v) is 3.71. The lowest BCUT2D eigenvalue weighted by atomic mass is 9.84. The van der Waals surface area contributed by atoms with Crippen molar-refractivity contribution in [2.24, 2.45) is 11.7 Å². The predicted octanol–water partition coefficient (Wildman–Crippen LogP) is 2.50. The van der Waals surface area contributed by atoms with E-state index in [4.69, 9.17) is 10.5 Å². The second-order valence-corrected chi connectivity index (χ2v) is 5.87. The lowest BCUT2D eigenvalue weighted by Gasteiger charge is -2.31. The Morgan fingerprint density at radius 1 is 1.35 bits per heavy atom. The van der Waals surface area contributed by atoms with E-state index in [1.807, 2.05) is 26.8 Å². The Balaban J connectivity index is 2.09. The minimum Gasteiger partial charge on any atom is -0.475 e. The lowest BCUT2D eigenvalue weighted by molar-refractivity contribution is 0.232. The van der Waals surface area contributed by atoms with Crippen LogP contribution < -0.4 is 15.8 Å². The third kappa shape index (κ3) is 4.07. The fraction of sp³-hybridized carbons (Fsp3) is 0.733. The SMILES string of the molecule is Cc1cc(OC(C)C)nc(NC2CCCCC2CN)n1. The van der Waals surface area contributed by atoms with Gasteiger partial charge in [0.15, 0.2) is 0 Å². The molecule has 0 amide bonds. The molecule has 2 rings (SSSR count). The first kappa shape index (κ1) is 15.0. The van der Waals surface area contributed by atoms with Gasteiger partial charge in [0.25, 0.3) is 0 Å². The standard InChI is InChI=1S/C15H26N4O/c1-10(2)20-14-8-11(3)17-15(19-14)18-13-7-5-4-6-12(13)9-16/h8,10,12-13H,4-7,9,16H2,1-3H3,(H,17,18,19). The highest BCUT2D eigenvalue weighted by atomic mass is 16.5. The van der Waals surface area contributed by atoms with E-state index in [1.54, 1.807) is 0 Å². The molecule has 1 saturated carbocycles. The highest BCUT2D eigenvalue weighted by Gasteiger charge is 2.24. The van der Waals surface area contributed by atoms with Crippen LogP contribution in [0.1, 0.15) is 45.2 Å². The summed E-state index contributed by atoms with van der Waals surface area (Å²) in [7, 11) is 0. The Bertz CT molecular complexity index is 436. The number of nitrogens with zero attached hydrogens (tertiary/aromatic N) is 2. The summed E-state index contributed by atoms with van der Waals surface area (Å²) in [5.74, 6) is 1.81. The summed E-state index contributed by atoms with van der Waals surface area (Å²) in [6, 6.07) is 2.24. The number of rotatable bonds is 5. The minimum atomic E-state index is 0.114. The summed E-state index contributed by atoms with van der Waals surface area (Å²) in [6.45, 7) is 6.67. The van der Waals surface area contributed by atoms with Gasteiger partial charge in [0.05, 0.1) is 6.10 Å². The molecule has 112 valence electrons. The maximum absolute atomic E-state index is 5.87. The van der Waals surface area contributed by atoms with Crippen LogP contribution in [0.5, 0.6) is 5.88 Å². The van der Waals surface area contributed by atoms with Crippen LogP contribution in [0.4, 0.5) is 5.95 Å². The topological polar surface area (TPSA) is 73.1 Å². The second-order valence-electron chi connectivity index (χ2n) is 5.87. The van der Waals surface area contributed by atoms with Crippen LogP contribution >= 0.6 is 0 Å². The molecule has 1 aromatic rings. The zero-order valence-electron chi connectivity index (χ0n) is 12.7. The first-order valence-electron chi connectivity index (χ1n) is 7.57. The first-order chi connectivity index (χ1) is 9.58. The summed E-state index contributed by atoms with van der Waals surface area (Å²) in [5.41, 5.74) is 6.78. The smallest absolute Gasteiger partial charge is 0.226 e. The number of anilines is 1. The summed E-state index contributed by atoms with van der Waals surface area (Å²) in [4.78, 5) is 8.91. The average molecular weight is 278 g/mol. The molecular formula is C15H26N4O. The molecule has 5 nitrogen and oxygen atoms in total. The number of aromatic nitrogens is 2. The monoisotopic (exact) mass is 278 g/mol. The van der Waals surface area contributed by atoms with E-state index in [2.05, 4.69) is 15.3 Å². The molecule has 1 heterocycles. The molecule has 20 heavy (non-hydrogen) atoms. The number of nitrogens with one attached hydrogen (secondary N) is 1. The van der Waals surface area contributed by atoms with Crippen molar-refractivity contribution >= 4 is 5.95 Å². The number of hydrogen-bond acceptors (Lipinski definition) is 5. The minimum absolute atomic E-state index is 0.114. The normalized spacial score (nSPS) is 22.9. The summed E-state index contributed by atoms with van der Waals surface area (Å²) in [6.07, 6.45) is 4.96. The van der Waals surface area contributed by atoms with Gasteiger partial charge in [0, 0.05) is 17.8 Å². The van der Waals surface area contributed by atoms with E-state index >= 15 is 0 Å². The Labute approximate surface area is 121 Å². The van der Waals surface area contributed by atoms with Crippen molar-refractivity contribution in [3.05, 3.63) is 11.8 Å². The van der Waals surface area contributed by atoms with Gasteiger partial charge in [-0.15, -0.1) is 0 Å². The molecule has 0 aromatic carbocycles. The van der Waals surface area contributed by atoms with Crippen molar-refractivity contribution in [2.45, 2.75) is 58.6 Å². The van der Waals surface area contributed by atoms with Gasteiger partial charge < -0.3 is 15.8 Å². The summed E-state index contributed by atoms with van der Waals surface area (Å²) in [5, 5.41) is 3.45. The summed E-state index contributed by atoms with van der Waals surface area (Å²) >= 11 is 0. The molecule has 0 bridgehead atoms. The van der Waals surface area contributed by atoms with Crippen LogP contribution in [0.25, 0.3) is 0 Å². The van der Waals surface area contributed by atoms with Crippen LogP contribution in [0, 0.1) is 12.8 Å². The highest BCUT2D eigenvalue weighted by Crippen LogP contribution is 2.26. The zero-order valence-corrected chi connectivity index (χ0v) is 12.7. The molecule has 2 atom stereocenters. The van der Waals surface area contributed by atoms with Gasteiger partial charge in [-0.05, 0) is 46.1 Å². The number of hydrogen-bond donors (Lipinski definition) is 2. The van der Waals surface area contributed by atoms with Gasteiger partial charge in [-0.1, -0.05) is 12.8 Å². The number of aryl methyl sites for hydroxylation is 1.